The maximum atomic E-state index is 12.7. The second-order valence-corrected chi connectivity index (χ2v) is 6.86. The van der Waals surface area contributed by atoms with Crippen molar-refractivity contribution in [1.29, 1.82) is 0 Å². The molecule has 150 valence electrons. The van der Waals surface area contributed by atoms with Crippen LogP contribution in [0.1, 0.15) is 42.6 Å². The van der Waals surface area contributed by atoms with Crippen molar-refractivity contribution in [2.24, 2.45) is 0 Å². The van der Waals surface area contributed by atoms with Gasteiger partial charge in [-0.05, 0) is 86.5 Å². The van der Waals surface area contributed by atoms with Gasteiger partial charge in [-0.3, -0.25) is 4.79 Å². The van der Waals surface area contributed by atoms with Crippen molar-refractivity contribution in [2.45, 2.75) is 26.7 Å². The van der Waals surface area contributed by atoms with E-state index >= 15 is 0 Å². The van der Waals surface area contributed by atoms with Gasteiger partial charge in [-0.1, -0.05) is 13.8 Å². The number of carbonyl (C=O) groups is 1. The molecule has 0 heterocycles. The van der Waals surface area contributed by atoms with Gasteiger partial charge in [0.05, 0.1) is 13.2 Å². The summed E-state index contributed by atoms with van der Waals surface area (Å²) in [5, 5.41) is 6.57. The third-order valence-electron chi connectivity index (χ3n) is 4.79. The van der Waals surface area contributed by atoms with Gasteiger partial charge in [0.15, 0.2) is 5.78 Å². The first kappa shape index (κ1) is 20.4. The Morgan fingerprint density at radius 1 is 0.714 bits per heavy atom. The maximum absolute atomic E-state index is 12.7. The van der Waals surface area contributed by atoms with E-state index < -0.39 is 0 Å². The molecule has 5 heteroatoms. The quantitative estimate of drug-likeness (QED) is 0.468. The van der Waals surface area contributed by atoms with Crippen LogP contribution in [0.25, 0.3) is 11.1 Å². The van der Waals surface area contributed by atoms with Crippen molar-refractivity contribution in [3.05, 3.63) is 47.5 Å². The van der Waals surface area contributed by atoms with E-state index in [1.165, 1.54) is 0 Å². The number of hydrogen-bond acceptors (Lipinski definition) is 5. The fourth-order valence-electron chi connectivity index (χ4n) is 3.34. The lowest BCUT2D eigenvalue weighted by Crippen LogP contribution is -2.16. The van der Waals surface area contributed by atoms with Crippen LogP contribution in [0.3, 0.4) is 0 Å². The van der Waals surface area contributed by atoms with Gasteiger partial charge in [-0.25, -0.2) is 0 Å². The van der Waals surface area contributed by atoms with Gasteiger partial charge in [0.25, 0.3) is 0 Å². The Bertz CT molecular complexity index is 739. The number of rotatable bonds is 12. The first-order chi connectivity index (χ1) is 13.7. The summed E-state index contributed by atoms with van der Waals surface area (Å²) < 4.78 is 11.7. The van der Waals surface area contributed by atoms with Crippen molar-refractivity contribution < 1.29 is 14.3 Å². The summed E-state index contributed by atoms with van der Waals surface area (Å²) in [4.78, 5) is 12.7. The highest BCUT2D eigenvalue weighted by Gasteiger charge is 2.27. The third kappa shape index (κ3) is 4.91. The van der Waals surface area contributed by atoms with Crippen molar-refractivity contribution >= 4 is 5.78 Å². The summed E-state index contributed by atoms with van der Waals surface area (Å²) in [5.74, 6) is 1.67. The molecule has 0 spiro atoms. The summed E-state index contributed by atoms with van der Waals surface area (Å²) in [6.45, 7) is 9.32. The van der Waals surface area contributed by atoms with Gasteiger partial charge in [0.2, 0.25) is 0 Å². The molecular formula is C23H30N2O3. The second kappa shape index (κ2) is 10.2. The molecule has 2 aromatic rings. The van der Waals surface area contributed by atoms with Gasteiger partial charge in [-0.2, -0.15) is 0 Å². The molecule has 2 aromatic carbocycles. The fourth-order valence-corrected chi connectivity index (χ4v) is 3.34. The number of carbonyl (C=O) groups excluding carboxylic acids is 1. The van der Waals surface area contributed by atoms with Crippen LogP contribution in [0.4, 0.5) is 0 Å². The molecule has 0 saturated carbocycles. The van der Waals surface area contributed by atoms with E-state index in [4.69, 9.17) is 9.47 Å². The van der Waals surface area contributed by atoms with Crippen molar-refractivity contribution in [3.8, 4) is 22.6 Å². The summed E-state index contributed by atoms with van der Waals surface area (Å²) >= 11 is 0. The molecule has 28 heavy (non-hydrogen) atoms. The van der Waals surface area contributed by atoms with Crippen LogP contribution in [-0.2, 0) is 0 Å². The SMILES string of the molecule is CCNCCCOc1ccc2c(c1)-c1cc(OCCCNCC)ccc1C2=O. The number of hydrogen-bond donors (Lipinski definition) is 2. The standard InChI is InChI=1S/C23H30N2O3/c1-3-24-11-5-13-27-17-7-9-19-21(15-17)22-16-18(8-10-20(22)23(19)26)28-14-6-12-25-4-2/h7-10,15-16,24-25H,3-6,11-14H2,1-2H3. The monoisotopic (exact) mass is 382 g/mol. The highest BCUT2D eigenvalue weighted by atomic mass is 16.5. The molecule has 0 radical (unpaired) electrons. The number of benzene rings is 2. The van der Waals surface area contributed by atoms with Gasteiger partial charge >= 0.3 is 0 Å². The average Bonchev–Trinajstić information content (AvgIpc) is 2.99. The smallest absolute Gasteiger partial charge is 0.194 e. The molecule has 2 N–H and O–H groups in total. The lowest BCUT2D eigenvalue weighted by Gasteiger charge is -2.10. The average molecular weight is 383 g/mol. The van der Waals surface area contributed by atoms with E-state index in [1.54, 1.807) is 0 Å². The van der Waals surface area contributed by atoms with E-state index in [-0.39, 0.29) is 5.78 Å². The summed E-state index contributed by atoms with van der Waals surface area (Å²) in [6.07, 6.45) is 1.90. The van der Waals surface area contributed by atoms with Crippen LogP contribution >= 0.6 is 0 Å². The molecule has 5 nitrogen and oxygen atoms in total. The molecular weight excluding hydrogens is 352 g/mol. The summed E-state index contributed by atoms with van der Waals surface area (Å²) in [5.41, 5.74) is 3.34. The largest absolute Gasteiger partial charge is 0.494 e. The van der Waals surface area contributed by atoms with Crippen molar-refractivity contribution in [1.82, 2.24) is 10.6 Å². The number of ether oxygens (including phenoxy) is 2. The maximum Gasteiger partial charge on any atom is 0.194 e. The Morgan fingerprint density at radius 3 is 1.61 bits per heavy atom. The van der Waals surface area contributed by atoms with Crippen LogP contribution in [0.2, 0.25) is 0 Å². The zero-order valence-electron chi connectivity index (χ0n) is 16.8. The van der Waals surface area contributed by atoms with Gasteiger partial charge in [0.1, 0.15) is 11.5 Å². The second-order valence-electron chi connectivity index (χ2n) is 6.86. The molecule has 0 unspecified atom stereocenters. The molecule has 1 aliphatic carbocycles. The fraction of sp³-hybridized carbons (Fsp3) is 0.435. The van der Waals surface area contributed by atoms with Crippen LogP contribution in [-0.4, -0.2) is 45.2 Å². The van der Waals surface area contributed by atoms with Crippen molar-refractivity contribution in [2.75, 3.05) is 39.4 Å². The van der Waals surface area contributed by atoms with Gasteiger partial charge in [0, 0.05) is 11.1 Å². The highest BCUT2D eigenvalue weighted by Crippen LogP contribution is 2.40. The normalized spacial score (nSPS) is 12.0. The topological polar surface area (TPSA) is 59.6 Å². The molecule has 0 atom stereocenters. The number of ketones is 1. The molecule has 1 aliphatic rings. The van der Waals surface area contributed by atoms with E-state index in [1.807, 2.05) is 36.4 Å². The first-order valence-electron chi connectivity index (χ1n) is 10.2. The minimum Gasteiger partial charge on any atom is -0.494 e. The summed E-state index contributed by atoms with van der Waals surface area (Å²) in [6, 6.07) is 11.5. The molecule has 0 bridgehead atoms. The van der Waals surface area contributed by atoms with Gasteiger partial charge in [-0.15, -0.1) is 0 Å². The molecule has 0 aromatic heterocycles. The zero-order valence-corrected chi connectivity index (χ0v) is 16.8. The Kier molecular flexibility index (Phi) is 7.46. The van der Waals surface area contributed by atoms with E-state index in [0.717, 1.165) is 72.8 Å². The Morgan fingerprint density at radius 2 is 1.18 bits per heavy atom. The van der Waals surface area contributed by atoms with Crippen molar-refractivity contribution in [3.63, 3.8) is 0 Å². The first-order valence-corrected chi connectivity index (χ1v) is 10.2. The van der Waals surface area contributed by atoms with Crippen LogP contribution in [0.15, 0.2) is 36.4 Å². The Labute approximate surface area is 167 Å². The van der Waals surface area contributed by atoms with Gasteiger partial charge < -0.3 is 20.1 Å². The highest BCUT2D eigenvalue weighted by molar-refractivity contribution is 6.21. The zero-order chi connectivity index (χ0) is 19.8. The van der Waals surface area contributed by atoms with Crippen LogP contribution in [0.5, 0.6) is 11.5 Å². The molecule has 0 amide bonds. The van der Waals surface area contributed by atoms with E-state index in [0.29, 0.717) is 13.2 Å². The third-order valence-corrected chi connectivity index (χ3v) is 4.79. The van der Waals surface area contributed by atoms with E-state index in [2.05, 4.69) is 24.5 Å². The number of nitrogens with one attached hydrogen (secondary N) is 2. The Balaban J connectivity index is 1.68. The molecule has 3 rings (SSSR count). The number of fused-ring (bicyclic) bond motifs is 3. The predicted molar refractivity (Wildman–Crippen MR) is 113 cm³/mol. The van der Waals surface area contributed by atoms with Crippen LogP contribution < -0.4 is 20.1 Å². The minimum absolute atomic E-state index is 0.0717. The lowest BCUT2D eigenvalue weighted by molar-refractivity contribution is 0.104. The molecule has 0 saturated heterocycles. The minimum atomic E-state index is 0.0717. The van der Waals surface area contributed by atoms with E-state index in [9.17, 15) is 4.79 Å². The Hall–Kier alpha value is -2.37. The summed E-state index contributed by atoms with van der Waals surface area (Å²) in [7, 11) is 0. The molecule has 0 fully saturated rings. The predicted octanol–water partition coefficient (Wildman–Crippen LogP) is 3.65. The molecule has 0 aliphatic heterocycles. The van der Waals surface area contributed by atoms with Crippen LogP contribution in [0, 0.1) is 0 Å². The lowest BCUT2D eigenvalue weighted by atomic mass is 10.1.